The predicted octanol–water partition coefficient (Wildman–Crippen LogP) is 1.69. The number of urea groups is 1. The summed E-state index contributed by atoms with van der Waals surface area (Å²) in [6.07, 6.45) is 3.12. The molecule has 0 unspecified atom stereocenters. The molecule has 8 heteroatoms. The first kappa shape index (κ1) is 18.4. The number of hydrogen-bond acceptors (Lipinski definition) is 5. The number of likely N-dealkylation sites (N-methyl/N-ethyl adjacent to an activating group) is 1. The number of barbiturate groups is 1. The van der Waals surface area contributed by atoms with Gasteiger partial charge < -0.3 is 9.30 Å². The minimum Gasteiger partial charge on any atom is -0.465 e. The zero-order chi connectivity index (χ0) is 19.6. The highest BCUT2D eigenvalue weighted by atomic mass is 16.5. The summed E-state index contributed by atoms with van der Waals surface area (Å²) < 4.78 is 6.69. The number of benzene rings is 1. The van der Waals surface area contributed by atoms with E-state index in [1.807, 2.05) is 24.3 Å². The third-order valence-corrected chi connectivity index (χ3v) is 4.23. The number of para-hydroxylation sites is 1. The number of imide groups is 2. The van der Waals surface area contributed by atoms with Crippen molar-refractivity contribution in [3.05, 3.63) is 41.6 Å². The fraction of sp³-hybridized carbons (Fsp3) is 0.263. The van der Waals surface area contributed by atoms with E-state index in [9.17, 15) is 19.2 Å². The molecule has 0 bridgehead atoms. The van der Waals surface area contributed by atoms with Gasteiger partial charge in [0, 0.05) is 29.2 Å². The lowest BCUT2D eigenvalue weighted by Crippen LogP contribution is -2.53. The van der Waals surface area contributed by atoms with Crippen molar-refractivity contribution < 1.29 is 23.9 Å². The van der Waals surface area contributed by atoms with E-state index in [2.05, 4.69) is 5.32 Å². The maximum Gasteiger partial charge on any atom is 0.331 e. The van der Waals surface area contributed by atoms with Crippen LogP contribution in [0, 0.1) is 0 Å². The molecule has 0 spiro atoms. The van der Waals surface area contributed by atoms with Crippen LogP contribution < -0.4 is 5.32 Å². The fourth-order valence-electron chi connectivity index (χ4n) is 3.00. The zero-order valence-electron chi connectivity index (χ0n) is 15.0. The molecule has 2 heterocycles. The van der Waals surface area contributed by atoms with E-state index in [0.717, 1.165) is 15.8 Å². The molecule has 1 aliphatic rings. The van der Waals surface area contributed by atoms with Crippen LogP contribution in [0.2, 0.25) is 0 Å². The molecule has 8 nitrogen and oxygen atoms in total. The topological polar surface area (TPSA) is 97.7 Å². The standard InChI is InChI=1S/C19H19N3O5/c1-3-22-18(25)14(17(24)20-19(22)26)9-12-10-21(11-16(23)27-4-2)15-8-6-5-7-13(12)15/h5-10H,3-4,11H2,1-2H3,(H,20,24,26)/b14-9+. The normalized spacial score (nSPS) is 16.1. The molecule has 0 atom stereocenters. The number of carbonyl (C=O) groups is 4. The highest BCUT2D eigenvalue weighted by molar-refractivity contribution is 6.31. The zero-order valence-corrected chi connectivity index (χ0v) is 15.0. The van der Waals surface area contributed by atoms with E-state index >= 15 is 0 Å². The van der Waals surface area contributed by atoms with E-state index in [4.69, 9.17) is 4.74 Å². The molecule has 0 radical (unpaired) electrons. The molecule has 140 valence electrons. The molecule has 0 saturated carbocycles. The van der Waals surface area contributed by atoms with Crippen LogP contribution in [0.1, 0.15) is 19.4 Å². The summed E-state index contributed by atoms with van der Waals surface area (Å²) in [7, 11) is 0. The van der Waals surface area contributed by atoms with E-state index in [-0.39, 0.29) is 31.2 Å². The molecule has 1 fully saturated rings. The van der Waals surface area contributed by atoms with Crippen molar-refractivity contribution in [2.45, 2.75) is 20.4 Å². The molecular formula is C19H19N3O5. The van der Waals surface area contributed by atoms with Crippen LogP contribution in [0.5, 0.6) is 0 Å². The highest BCUT2D eigenvalue weighted by Gasteiger charge is 2.34. The molecule has 1 N–H and O–H groups in total. The Kier molecular flexibility index (Phi) is 5.07. The lowest BCUT2D eigenvalue weighted by molar-refractivity contribution is -0.143. The van der Waals surface area contributed by atoms with Crippen molar-refractivity contribution in [2.24, 2.45) is 0 Å². The first-order valence-corrected chi connectivity index (χ1v) is 8.58. The average molecular weight is 369 g/mol. The highest BCUT2D eigenvalue weighted by Crippen LogP contribution is 2.25. The second kappa shape index (κ2) is 7.45. The molecular weight excluding hydrogens is 350 g/mol. The van der Waals surface area contributed by atoms with Crippen molar-refractivity contribution in [1.82, 2.24) is 14.8 Å². The first-order chi connectivity index (χ1) is 13.0. The lowest BCUT2D eigenvalue weighted by Gasteiger charge is -2.24. The third-order valence-electron chi connectivity index (χ3n) is 4.23. The van der Waals surface area contributed by atoms with Gasteiger partial charge in [-0.2, -0.15) is 0 Å². The van der Waals surface area contributed by atoms with Crippen molar-refractivity contribution in [1.29, 1.82) is 0 Å². The molecule has 4 amide bonds. The monoisotopic (exact) mass is 369 g/mol. The van der Waals surface area contributed by atoms with Crippen molar-refractivity contribution in [3.63, 3.8) is 0 Å². The molecule has 3 rings (SSSR count). The Morgan fingerprint density at radius 2 is 1.93 bits per heavy atom. The summed E-state index contributed by atoms with van der Waals surface area (Å²) in [4.78, 5) is 49.2. The summed E-state index contributed by atoms with van der Waals surface area (Å²) >= 11 is 0. The number of fused-ring (bicyclic) bond motifs is 1. The van der Waals surface area contributed by atoms with E-state index < -0.39 is 17.8 Å². The number of hydrogen-bond donors (Lipinski definition) is 1. The van der Waals surface area contributed by atoms with Crippen LogP contribution >= 0.6 is 0 Å². The minimum atomic E-state index is -0.739. The maximum atomic E-state index is 12.5. The van der Waals surface area contributed by atoms with Gasteiger partial charge in [0.05, 0.1) is 6.61 Å². The van der Waals surface area contributed by atoms with Crippen molar-refractivity contribution >= 4 is 40.8 Å². The number of carbonyl (C=O) groups excluding carboxylic acids is 4. The predicted molar refractivity (Wildman–Crippen MR) is 97.5 cm³/mol. The second-order valence-electron chi connectivity index (χ2n) is 5.90. The van der Waals surface area contributed by atoms with Crippen molar-refractivity contribution in [2.75, 3.05) is 13.2 Å². The summed E-state index contributed by atoms with van der Waals surface area (Å²) in [6.45, 7) is 3.83. The minimum absolute atomic E-state index is 0.0112. The molecule has 27 heavy (non-hydrogen) atoms. The van der Waals surface area contributed by atoms with Gasteiger partial charge >= 0.3 is 12.0 Å². The molecule has 2 aromatic rings. The molecule has 1 aliphatic heterocycles. The van der Waals surface area contributed by atoms with Crippen LogP contribution in [-0.2, 0) is 25.7 Å². The van der Waals surface area contributed by atoms with Crippen LogP contribution in [0.25, 0.3) is 17.0 Å². The van der Waals surface area contributed by atoms with Gasteiger partial charge in [-0.15, -0.1) is 0 Å². The number of nitrogens with zero attached hydrogens (tertiary/aromatic N) is 2. The number of rotatable bonds is 5. The van der Waals surface area contributed by atoms with E-state index in [0.29, 0.717) is 5.56 Å². The average Bonchev–Trinajstić information content (AvgIpc) is 2.97. The van der Waals surface area contributed by atoms with Gasteiger partial charge in [-0.05, 0) is 26.0 Å². The molecule has 1 saturated heterocycles. The largest absolute Gasteiger partial charge is 0.465 e. The molecule has 1 aromatic carbocycles. The van der Waals surface area contributed by atoms with Gasteiger partial charge in [0.1, 0.15) is 12.1 Å². The summed E-state index contributed by atoms with van der Waals surface area (Å²) in [5.41, 5.74) is 1.23. The SMILES string of the molecule is CCOC(=O)Cn1cc(/C=C2\C(=O)NC(=O)N(CC)C2=O)c2ccccc21. The Balaban J connectivity index is 2.05. The van der Waals surface area contributed by atoms with Crippen LogP contribution in [0.3, 0.4) is 0 Å². The summed E-state index contributed by atoms with van der Waals surface area (Å²) in [5.74, 6) is -1.77. The molecule has 0 aliphatic carbocycles. The number of amides is 4. The van der Waals surface area contributed by atoms with Gasteiger partial charge in [0.25, 0.3) is 11.8 Å². The van der Waals surface area contributed by atoms with E-state index in [1.165, 1.54) is 6.08 Å². The summed E-state index contributed by atoms with van der Waals surface area (Å²) in [5, 5.41) is 2.94. The first-order valence-electron chi connectivity index (χ1n) is 8.58. The second-order valence-corrected chi connectivity index (χ2v) is 5.90. The van der Waals surface area contributed by atoms with Gasteiger partial charge in [-0.3, -0.25) is 24.6 Å². The lowest BCUT2D eigenvalue weighted by atomic mass is 10.1. The smallest absolute Gasteiger partial charge is 0.331 e. The Bertz CT molecular complexity index is 973. The Labute approximate surface area is 155 Å². The number of esters is 1. The maximum absolute atomic E-state index is 12.5. The molecule has 1 aromatic heterocycles. The number of nitrogens with one attached hydrogen (secondary N) is 1. The van der Waals surface area contributed by atoms with Crippen LogP contribution in [0.4, 0.5) is 4.79 Å². The number of ether oxygens (including phenoxy) is 1. The van der Waals surface area contributed by atoms with Crippen LogP contribution in [0.15, 0.2) is 36.0 Å². The number of aromatic nitrogens is 1. The quantitative estimate of drug-likeness (QED) is 0.491. The van der Waals surface area contributed by atoms with E-state index in [1.54, 1.807) is 24.6 Å². The van der Waals surface area contributed by atoms with Crippen LogP contribution in [-0.4, -0.2) is 46.4 Å². The van der Waals surface area contributed by atoms with Gasteiger partial charge in [-0.1, -0.05) is 18.2 Å². The van der Waals surface area contributed by atoms with Gasteiger partial charge in [-0.25, -0.2) is 4.79 Å². The fourth-order valence-corrected chi connectivity index (χ4v) is 3.00. The van der Waals surface area contributed by atoms with Gasteiger partial charge in [0.15, 0.2) is 0 Å². The Morgan fingerprint density at radius 3 is 2.63 bits per heavy atom. The Morgan fingerprint density at radius 1 is 1.19 bits per heavy atom. The third kappa shape index (κ3) is 3.46. The van der Waals surface area contributed by atoms with Gasteiger partial charge in [0.2, 0.25) is 0 Å². The Hall–Kier alpha value is -3.42. The van der Waals surface area contributed by atoms with Crippen molar-refractivity contribution in [3.8, 4) is 0 Å². The summed E-state index contributed by atoms with van der Waals surface area (Å²) in [6, 6.07) is 6.59.